The normalized spacial score (nSPS) is 11.3. The molecule has 0 unspecified atom stereocenters. The average molecular weight is 227 g/mol. The SMILES string of the molecule is CC(=O)CC(=O)N(CCO)CC(F)(F)F. The number of Topliss-reactive ketones (excluding diaryl/α,β-unsaturated/α-hetero) is 1. The Bertz CT molecular complexity index is 240. The van der Waals surface area contributed by atoms with Crippen LogP contribution in [0.2, 0.25) is 0 Å². The Hall–Kier alpha value is -1.11. The van der Waals surface area contributed by atoms with Crippen LogP contribution in [-0.2, 0) is 9.59 Å². The van der Waals surface area contributed by atoms with E-state index in [9.17, 15) is 22.8 Å². The van der Waals surface area contributed by atoms with Crippen molar-refractivity contribution in [3.8, 4) is 0 Å². The zero-order valence-electron chi connectivity index (χ0n) is 8.17. The first-order chi connectivity index (χ1) is 6.76. The molecule has 0 radical (unpaired) electrons. The van der Waals surface area contributed by atoms with Crippen molar-refractivity contribution in [2.75, 3.05) is 19.7 Å². The number of hydrogen-bond donors (Lipinski definition) is 1. The second kappa shape index (κ2) is 5.69. The lowest BCUT2D eigenvalue weighted by molar-refractivity contribution is -0.162. The minimum Gasteiger partial charge on any atom is -0.395 e. The van der Waals surface area contributed by atoms with Crippen molar-refractivity contribution in [1.82, 2.24) is 4.90 Å². The Balaban J connectivity index is 4.38. The van der Waals surface area contributed by atoms with Gasteiger partial charge < -0.3 is 10.0 Å². The number of ketones is 1. The fourth-order valence-electron chi connectivity index (χ4n) is 0.954. The summed E-state index contributed by atoms with van der Waals surface area (Å²) in [5.74, 6) is -1.43. The van der Waals surface area contributed by atoms with Gasteiger partial charge in [-0.25, -0.2) is 0 Å². The summed E-state index contributed by atoms with van der Waals surface area (Å²) < 4.78 is 35.9. The number of rotatable bonds is 5. The van der Waals surface area contributed by atoms with Gasteiger partial charge in [0, 0.05) is 6.54 Å². The quantitative estimate of drug-likeness (QED) is 0.689. The van der Waals surface area contributed by atoms with Gasteiger partial charge in [-0.05, 0) is 6.92 Å². The highest BCUT2D eigenvalue weighted by atomic mass is 19.4. The van der Waals surface area contributed by atoms with Gasteiger partial charge in [-0.1, -0.05) is 0 Å². The third-order valence-corrected chi connectivity index (χ3v) is 1.49. The first-order valence-electron chi connectivity index (χ1n) is 4.21. The van der Waals surface area contributed by atoms with Crippen molar-refractivity contribution >= 4 is 11.7 Å². The van der Waals surface area contributed by atoms with Crippen LogP contribution in [-0.4, -0.2) is 47.6 Å². The summed E-state index contributed by atoms with van der Waals surface area (Å²) in [7, 11) is 0. The number of hydrogen-bond acceptors (Lipinski definition) is 3. The van der Waals surface area contributed by atoms with Crippen LogP contribution in [0.25, 0.3) is 0 Å². The second-order valence-electron chi connectivity index (χ2n) is 3.03. The van der Waals surface area contributed by atoms with Crippen LogP contribution in [0.15, 0.2) is 0 Å². The van der Waals surface area contributed by atoms with Crippen LogP contribution in [0.1, 0.15) is 13.3 Å². The molecule has 0 saturated carbocycles. The van der Waals surface area contributed by atoms with E-state index in [1.807, 2.05) is 0 Å². The van der Waals surface area contributed by atoms with Crippen LogP contribution < -0.4 is 0 Å². The summed E-state index contributed by atoms with van der Waals surface area (Å²) in [5.41, 5.74) is 0. The lowest BCUT2D eigenvalue weighted by atomic mass is 10.2. The number of carbonyl (C=O) groups is 2. The molecular weight excluding hydrogens is 215 g/mol. The standard InChI is InChI=1S/C8H12F3NO3/c1-6(14)4-7(15)12(2-3-13)5-8(9,10)11/h13H,2-5H2,1H3. The van der Waals surface area contributed by atoms with Gasteiger partial charge in [0.05, 0.1) is 13.0 Å². The van der Waals surface area contributed by atoms with Crippen molar-refractivity contribution in [2.45, 2.75) is 19.5 Å². The van der Waals surface area contributed by atoms with Gasteiger partial charge in [0.2, 0.25) is 5.91 Å². The molecule has 0 aliphatic carbocycles. The fraction of sp³-hybridized carbons (Fsp3) is 0.750. The molecule has 4 nitrogen and oxygen atoms in total. The molecule has 0 atom stereocenters. The zero-order valence-corrected chi connectivity index (χ0v) is 8.17. The molecule has 0 aliphatic heterocycles. The summed E-state index contributed by atoms with van der Waals surface area (Å²) in [6.07, 6.45) is -5.10. The summed E-state index contributed by atoms with van der Waals surface area (Å²) >= 11 is 0. The number of carbonyl (C=O) groups excluding carboxylic acids is 2. The van der Waals surface area contributed by atoms with Crippen molar-refractivity contribution in [3.05, 3.63) is 0 Å². The van der Waals surface area contributed by atoms with E-state index in [1.165, 1.54) is 0 Å². The summed E-state index contributed by atoms with van der Waals surface area (Å²) in [6.45, 7) is -1.33. The molecule has 15 heavy (non-hydrogen) atoms. The van der Waals surface area contributed by atoms with Crippen LogP contribution in [0.5, 0.6) is 0 Å². The number of aliphatic hydroxyl groups excluding tert-OH is 1. The third kappa shape index (κ3) is 6.89. The predicted octanol–water partition coefficient (Wildman–Crippen LogP) is 0.349. The molecule has 0 fully saturated rings. The van der Waals surface area contributed by atoms with Gasteiger partial charge in [0.1, 0.15) is 12.3 Å². The summed E-state index contributed by atoms with van der Waals surface area (Å²) in [6, 6.07) is 0. The topological polar surface area (TPSA) is 57.6 Å². The van der Waals surface area contributed by atoms with Gasteiger partial charge in [-0.15, -0.1) is 0 Å². The molecule has 0 aromatic carbocycles. The highest BCUT2D eigenvalue weighted by Crippen LogP contribution is 2.16. The molecule has 0 rings (SSSR count). The van der Waals surface area contributed by atoms with Crippen molar-refractivity contribution in [1.29, 1.82) is 0 Å². The highest BCUT2D eigenvalue weighted by molar-refractivity contribution is 5.96. The summed E-state index contributed by atoms with van der Waals surface area (Å²) in [5, 5.41) is 8.47. The van der Waals surface area contributed by atoms with E-state index < -0.39 is 44.0 Å². The predicted molar refractivity (Wildman–Crippen MR) is 45.0 cm³/mol. The van der Waals surface area contributed by atoms with Gasteiger partial charge in [-0.3, -0.25) is 9.59 Å². The van der Waals surface area contributed by atoms with E-state index in [0.29, 0.717) is 4.90 Å². The average Bonchev–Trinajstić information content (AvgIpc) is 1.99. The lowest BCUT2D eigenvalue weighted by Gasteiger charge is -2.22. The largest absolute Gasteiger partial charge is 0.406 e. The van der Waals surface area contributed by atoms with Crippen LogP contribution in [0, 0.1) is 0 Å². The maximum absolute atomic E-state index is 12.0. The van der Waals surface area contributed by atoms with Crippen molar-refractivity contribution < 1.29 is 27.9 Å². The molecule has 0 heterocycles. The number of amides is 1. The van der Waals surface area contributed by atoms with Gasteiger partial charge in [0.25, 0.3) is 0 Å². The van der Waals surface area contributed by atoms with E-state index in [2.05, 4.69) is 0 Å². The molecule has 0 bridgehead atoms. The Kier molecular flexibility index (Phi) is 5.27. The van der Waals surface area contributed by atoms with Crippen LogP contribution in [0.4, 0.5) is 13.2 Å². The van der Waals surface area contributed by atoms with Crippen molar-refractivity contribution in [3.63, 3.8) is 0 Å². The monoisotopic (exact) mass is 227 g/mol. The van der Waals surface area contributed by atoms with E-state index in [4.69, 9.17) is 5.11 Å². The van der Waals surface area contributed by atoms with E-state index in [-0.39, 0.29) is 0 Å². The molecule has 0 saturated heterocycles. The van der Waals surface area contributed by atoms with E-state index in [0.717, 1.165) is 6.92 Å². The maximum atomic E-state index is 12.0. The number of nitrogens with zero attached hydrogens (tertiary/aromatic N) is 1. The van der Waals surface area contributed by atoms with E-state index in [1.54, 1.807) is 0 Å². The minimum atomic E-state index is -4.53. The maximum Gasteiger partial charge on any atom is 0.406 e. The Morgan fingerprint density at radius 3 is 2.20 bits per heavy atom. The molecule has 0 aromatic rings. The number of halogens is 3. The second-order valence-corrected chi connectivity index (χ2v) is 3.03. The molecule has 7 heteroatoms. The molecule has 0 aromatic heterocycles. The first kappa shape index (κ1) is 13.9. The molecule has 0 spiro atoms. The van der Waals surface area contributed by atoms with Gasteiger partial charge in [-0.2, -0.15) is 13.2 Å². The van der Waals surface area contributed by atoms with Crippen LogP contribution in [0.3, 0.4) is 0 Å². The Morgan fingerprint density at radius 1 is 1.33 bits per heavy atom. The molecule has 1 amide bonds. The third-order valence-electron chi connectivity index (χ3n) is 1.49. The van der Waals surface area contributed by atoms with E-state index >= 15 is 0 Å². The van der Waals surface area contributed by atoms with Gasteiger partial charge >= 0.3 is 6.18 Å². The first-order valence-corrected chi connectivity index (χ1v) is 4.21. The molecule has 0 aliphatic rings. The zero-order chi connectivity index (χ0) is 12.1. The minimum absolute atomic E-state index is 0.418. The molecule has 88 valence electrons. The lowest BCUT2D eigenvalue weighted by Crippen LogP contribution is -2.41. The fourth-order valence-corrected chi connectivity index (χ4v) is 0.954. The molecular formula is C8H12F3NO3. The smallest absolute Gasteiger partial charge is 0.395 e. The van der Waals surface area contributed by atoms with Gasteiger partial charge in [0.15, 0.2) is 0 Å². The number of alkyl halides is 3. The highest BCUT2D eigenvalue weighted by Gasteiger charge is 2.32. The summed E-state index contributed by atoms with van der Waals surface area (Å²) in [4.78, 5) is 22.1. The van der Waals surface area contributed by atoms with Crippen molar-refractivity contribution in [2.24, 2.45) is 0 Å². The number of aliphatic hydroxyl groups is 1. The molecule has 1 N–H and O–H groups in total. The van der Waals surface area contributed by atoms with Crippen LogP contribution >= 0.6 is 0 Å². The Labute approximate surface area is 84.7 Å². The Morgan fingerprint density at radius 2 is 1.87 bits per heavy atom.